The van der Waals surface area contributed by atoms with Crippen molar-refractivity contribution in [2.24, 2.45) is 0 Å². The lowest BCUT2D eigenvalue weighted by molar-refractivity contribution is 0.124. The van der Waals surface area contributed by atoms with Crippen LogP contribution in [-0.4, -0.2) is 53.9 Å². The van der Waals surface area contributed by atoms with E-state index in [1.807, 2.05) is 37.3 Å². The van der Waals surface area contributed by atoms with E-state index in [9.17, 15) is 8.42 Å². The molecule has 0 aliphatic carbocycles. The Labute approximate surface area is 174 Å². The second-order valence-corrected chi connectivity index (χ2v) is 9.27. The molecular formula is C20H21ClN4O3S. The fourth-order valence-electron chi connectivity index (χ4n) is 3.35. The molecule has 4 rings (SSSR count). The van der Waals surface area contributed by atoms with Crippen LogP contribution in [0, 0.1) is 0 Å². The summed E-state index contributed by atoms with van der Waals surface area (Å²) in [5.74, 6) is 1.08. The molecule has 0 bridgehead atoms. The van der Waals surface area contributed by atoms with Crippen LogP contribution in [0.3, 0.4) is 0 Å². The highest BCUT2D eigenvalue weighted by atomic mass is 35.5. The maximum atomic E-state index is 12.8. The highest BCUT2D eigenvalue weighted by molar-refractivity contribution is 7.89. The number of halogens is 1. The standard InChI is InChI=1S/C20H21ClN4O3S/c1-15(20-22-19(23-28-20)16-5-3-2-4-6-16)24-11-13-25(14-12-24)29(26,27)18-9-7-17(21)8-10-18/h2-10,15H,11-14H2,1H3/t15-/m0/s1. The van der Waals surface area contributed by atoms with Crippen molar-refractivity contribution in [2.45, 2.75) is 17.9 Å². The van der Waals surface area contributed by atoms with Gasteiger partial charge in [-0.25, -0.2) is 8.42 Å². The van der Waals surface area contributed by atoms with E-state index in [0.717, 1.165) is 5.56 Å². The van der Waals surface area contributed by atoms with Gasteiger partial charge in [0.2, 0.25) is 21.7 Å². The fraction of sp³-hybridized carbons (Fsp3) is 0.300. The van der Waals surface area contributed by atoms with E-state index < -0.39 is 10.0 Å². The molecule has 1 aliphatic heterocycles. The zero-order chi connectivity index (χ0) is 20.4. The van der Waals surface area contributed by atoms with Crippen molar-refractivity contribution in [1.29, 1.82) is 0 Å². The lowest BCUT2D eigenvalue weighted by atomic mass is 10.2. The van der Waals surface area contributed by atoms with E-state index in [0.29, 0.717) is 42.9 Å². The summed E-state index contributed by atoms with van der Waals surface area (Å²) in [7, 11) is -3.53. The number of hydrogen-bond acceptors (Lipinski definition) is 6. The topological polar surface area (TPSA) is 79.5 Å². The van der Waals surface area contributed by atoms with Crippen LogP contribution in [-0.2, 0) is 10.0 Å². The van der Waals surface area contributed by atoms with Crippen molar-refractivity contribution in [1.82, 2.24) is 19.3 Å². The average molecular weight is 433 g/mol. The van der Waals surface area contributed by atoms with E-state index >= 15 is 0 Å². The van der Waals surface area contributed by atoms with Crippen molar-refractivity contribution in [3.63, 3.8) is 0 Å². The van der Waals surface area contributed by atoms with Crippen LogP contribution in [0.1, 0.15) is 18.9 Å². The molecule has 0 saturated carbocycles. The first-order valence-electron chi connectivity index (χ1n) is 9.34. The summed E-state index contributed by atoms with van der Waals surface area (Å²) in [5.41, 5.74) is 0.897. The molecule has 0 unspecified atom stereocenters. The van der Waals surface area contributed by atoms with Gasteiger partial charge in [0.1, 0.15) is 0 Å². The van der Waals surface area contributed by atoms with Crippen LogP contribution in [0.25, 0.3) is 11.4 Å². The Morgan fingerprint density at radius 3 is 2.31 bits per heavy atom. The Balaban J connectivity index is 1.42. The molecular weight excluding hydrogens is 412 g/mol. The molecule has 2 aromatic carbocycles. The summed E-state index contributed by atoms with van der Waals surface area (Å²) < 4.78 is 32.6. The minimum absolute atomic E-state index is 0.0969. The zero-order valence-electron chi connectivity index (χ0n) is 15.9. The number of hydrogen-bond donors (Lipinski definition) is 0. The van der Waals surface area contributed by atoms with Gasteiger partial charge in [-0.05, 0) is 31.2 Å². The molecule has 0 N–H and O–H groups in total. The van der Waals surface area contributed by atoms with Crippen molar-refractivity contribution in [3.8, 4) is 11.4 Å². The molecule has 1 saturated heterocycles. The van der Waals surface area contributed by atoms with E-state index in [1.54, 1.807) is 12.1 Å². The first-order valence-corrected chi connectivity index (χ1v) is 11.2. The highest BCUT2D eigenvalue weighted by Crippen LogP contribution is 2.25. The quantitative estimate of drug-likeness (QED) is 0.614. The van der Waals surface area contributed by atoms with Crippen molar-refractivity contribution in [2.75, 3.05) is 26.2 Å². The molecule has 0 spiro atoms. The summed E-state index contributed by atoms with van der Waals surface area (Å²) >= 11 is 5.87. The van der Waals surface area contributed by atoms with Gasteiger partial charge in [-0.1, -0.05) is 47.1 Å². The number of aromatic nitrogens is 2. The lowest BCUT2D eigenvalue weighted by Crippen LogP contribution is -2.49. The van der Waals surface area contributed by atoms with Crippen molar-refractivity contribution >= 4 is 21.6 Å². The van der Waals surface area contributed by atoms with Crippen LogP contribution >= 0.6 is 11.6 Å². The molecule has 152 valence electrons. The van der Waals surface area contributed by atoms with E-state index in [1.165, 1.54) is 16.4 Å². The van der Waals surface area contributed by atoms with Gasteiger partial charge in [0.25, 0.3) is 0 Å². The van der Waals surface area contributed by atoms with E-state index in [-0.39, 0.29) is 10.9 Å². The van der Waals surface area contributed by atoms with Crippen LogP contribution in [0.5, 0.6) is 0 Å². The van der Waals surface area contributed by atoms with E-state index in [4.69, 9.17) is 16.1 Å². The van der Waals surface area contributed by atoms with Crippen LogP contribution < -0.4 is 0 Å². The normalized spacial score (nSPS) is 17.3. The fourth-order valence-corrected chi connectivity index (χ4v) is 4.90. The molecule has 3 aromatic rings. The minimum atomic E-state index is -3.53. The third-order valence-electron chi connectivity index (χ3n) is 5.10. The van der Waals surface area contributed by atoms with Gasteiger partial charge in [-0.3, -0.25) is 4.90 Å². The zero-order valence-corrected chi connectivity index (χ0v) is 17.5. The molecule has 1 fully saturated rings. The third kappa shape index (κ3) is 4.20. The number of nitrogens with zero attached hydrogens (tertiary/aromatic N) is 4. The lowest BCUT2D eigenvalue weighted by Gasteiger charge is -2.36. The maximum absolute atomic E-state index is 12.8. The molecule has 29 heavy (non-hydrogen) atoms. The molecule has 1 atom stereocenters. The molecule has 0 radical (unpaired) electrons. The van der Waals surface area contributed by atoms with E-state index in [2.05, 4.69) is 15.0 Å². The number of rotatable bonds is 5. The summed E-state index contributed by atoms with van der Waals surface area (Å²) in [5, 5.41) is 4.58. The van der Waals surface area contributed by atoms with Gasteiger partial charge >= 0.3 is 0 Å². The summed E-state index contributed by atoms with van der Waals surface area (Å²) in [6.45, 7) is 3.95. The third-order valence-corrected chi connectivity index (χ3v) is 7.27. The number of piperazine rings is 1. The predicted molar refractivity (Wildman–Crippen MR) is 110 cm³/mol. The van der Waals surface area contributed by atoms with Crippen LogP contribution in [0.2, 0.25) is 5.02 Å². The summed E-state index contributed by atoms with van der Waals surface area (Å²) in [6.07, 6.45) is 0. The van der Waals surface area contributed by atoms with Crippen LogP contribution in [0.15, 0.2) is 64.0 Å². The van der Waals surface area contributed by atoms with Crippen LogP contribution in [0.4, 0.5) is 0 Å². The minimum Gasteiger partial charge on any atom is -0.337 e. The smallest absolute Gasteiger partial charge is 0.244 e. The number of sulfonamides is 1. The first-order chi connectivity index (χ1) is 13.9. The Bertz CT molecular complexity index is 1060. The van der Waals surface area contributed by atoms with Gasteiger partial charge in [-0.15, -0.1) is 0 Å². The molecule has 1 aliphatic rings. The largest absolute Gasteiger partial charge is 0.337 e. The second-order valence-electron chi connectivity index (χ2n) is 6.89. The highest BCUT2D eigenvalue weighted by Gasteiger charge is 2.31. The van der Waals surface area contributed by atoms with Crippen molar-refractivity contribution < 1.29 is 12.9 Å². The van der Waals surface area contributed by atoms with Gasteiger partial charge in [0.05, 0.1) is 10.9 Å². The molecule has 0 amide bonds. The summed E-state index contributed by atoms with van der Waals surface area (Å²) in [4.78, 5) is 6.92. The van der Waals surface area contributed by atoms with Gasteiger partial charge < -0.3 is 4.52 Å². The van der Waals surface area contributed by atoms with Crippen molar-refractivity contribution in [3.05, 3.63) is 65.5 Å². The molecule has 7 nitrogen and oxygen atoms in total. The average Bonchev–Trinajstić information content (AvgIpc) is 3.24. The molecule has 1 aromatic heterocycles. The Morgan fingerprint density at radius 1 is 1.00 bits per heavy atom. The van der Waals surface area contributed by atoms with Gasteiger partial charge in [0, 0.05) is 36.8 Å². The number of benzene rings is 2. The molecule has 2 heterocycles. The SMILES string of the molecule is C[C@@H](c1nc(-c2ccccc2)no1)N1CCN(S(=O)(=O)c2ccc(Cl)cc2)CC1. The second kappa shape index (κ2) is 8.23. The Hall–Kier alpha value is -2.26. The monoisotopic (exact) mass is 432 g/mol. The Morgan fingerprint density at radius 2 is 1.66 bits per heavy atom. The maximum Gasteiger partial charge on any atom is 0.244 e. The van der Waals surface area contributed by atoms with Gasteiger partial charge in [0.15, 0.2) is 0 Å². The molecule has 9 heteroatoms. The predicted octanol–water partition coefficient (Wildman–Crippen LogP) is 3.46. The van der Waals surface area contributed by atoms with Gasteiger partial charge in [-0.2, -0.15) is 9.29 Å². The Kier molecular flexibility index (Phi) is 5.69. The summed E-state index contributed by atoms with van der Waals surface area (Å²) in [6, 6.07) is 15.8. The first kappa shape index (κ1) is 20.0.